The Morgan fingerprint density at radius 3 is 2.64 bits per heavy atom. The van der Waals surface area contributed by atoms with Crippen molar-refractivity contribution in [1.82, 2.24) is 5.32 Å². The van der Waals surface area contributed by atoms with E-state index in [1.54, 1.807) is 0 Å². The van der Waals surface area contributed by atoms with E-state index in [1.807, 2.05) is 13.8 Å². The van der Waals surface area contributed by atoms with Gasteiger partial charge in [-0.3, -0.25) is 0 Å². The van der Waals surface area contributed by atoms with Crippen molar-refractivity contribution in [3.63, 3.8) is 0 Å². The van der Waals surface area contributed by atoms with Gasteiger partial charge in [-0.25, -0.2) is 0 Å². The number of hydrogen-bond acceptors (Lipinski definition) is 2. The fourth-order valence-corrected chi connectivity index (χ4v) is 2.83. The van der Waals surface area contributed by atoms with Gasteiger partial charge in [-0.15, -0.1) is 0 Å². The van der Waals surface area contributed by atoms with Crippen molar-refractivity contribution in [3.8, 4) is 0 Å². The molecule has 0 radical (unpaired) electrons. The Bertz CT molecular complexity index is 170. The molecular weight excluding hydrogens is 174 g/mol. The minimum atomic E-state index is -0.0432. The van der Waals surface area contributed by atoms with E-state index in [9.17, 15) is 5.11 Å². The summed E-state index contributed by atoms with van der Waals surface area (Å²) in [5.74, 6) is 0.718. The second-order valence-corrected chi connectivity index (χ2v) is 4.60. The van der Waals surface area contributed by atoms with Gasteiger partial charge < -0.3 is 10.4 Å². The molecule has 14 heavy (non-hydrogen) atoms. The molecule has 0 bridgehead atoms. The van der Waals surface area contributed by atoms with Crippen LogP contribution in [0.2, 0.25) is 0 Å². The largest absolute Gasteiger partial charge is 0.393 e. The summed E-state index contributed by atoms with van der Waals surface area (Å²) in [7, 11) is 0. The molecule has 2 aliphatic rings. The van der Waals surface area contributed by atoms with Crippen LogP contribution in [0.4, 0.5) is 0 Å². The van der Waals surface area contributed by atoms with Crippen LogP contribution in [0.3, 0.4) is 0 Å². The van der Waals surface area contributed by atoms with Crippen molar-refractivity contribution in [2.45, 2.75) is 52.6 Å². The molecule has 3 unspecified atom stereocenters. The monoisotopic (exact) mass is 199 g/mol. The van der Waals surface area contributed by atoms with Crippen LogP contribution in [0.25, 0.3) is 0 Å². The van der Waals surface area contributed by atoms with Crippen molar-refractivity contribution in [2.24, 2.45) is 11.3 Å². The zero-order valence-electron chi connectivity index (χ0n) is 9.84. The molecule has 84 valence electrons. The van der Waals surface area contributed by atoms with Crippen LogP contribution in [0.1, 0.15) is 46.5 Å². The number of fused-ring (bicyclic) bond motifs is 1. The maximum atomic E-state index is 9.94. The fraction of sp³-hybridized carbons (Fsp3) is 1.00. The second kappa shape index (κ2) is 5.13. The number of aliphatic hydroxyl groups excluding tert-OH is 1. The Kier molecular flexibility index (Phi) is 4.39. The topological polar surface area (TPSA) is 32.3 Å². The number of piperidine rings is 1. The average molecular weight is 199 g/mol. The van der Waals surface area contributed by atoms with E-state index in [1.165, 1.54) is 12.8 Å². The Labute approximate surface area is 88.1 Å². The minimum absolute atomic E-state index is 0.0432. The molecule has 1 heterocycles. The van der Waals surface area contributed by atoms with Crippen LogP contribution in [-0.2, 0) is 0 Å². The van der Waals surface area contributed by atoms with E-state index in [0.29, 0.717) is 0 Å². The Balaban J connectivity index is 0.000000461. The van der Waals surface area contributed by atoms with Crippen LogP contribution in [-0.4, -0.2) is 24.3 Å². The molecular formula is C12H25NO. The van der Waals surface area contributed by atoms with E-state index >= 15 is 0 Å². The van der Waals surface area contributed by atoms with Gasteiger partial charge in [0.2, 0.25) is 0 Å². The van der Waals surface area contributed by atoms with Crippen molar-refractivity contribution in [3.05, 3.63) is 0 Å². The molecule has 1 aliphatic carbocycles. The smallest absolute Gasteiger partial charge is 0.0597 e. The SMILES string of the molecule is CC.CC12CCNCC1CCCC2O. The second-order valence-electron chi connectivity index (χ2n) is 4.60. The summed E-state index contributed by atoms with van der Waals surface area (Å²) in [6, 6.07) is 0. The maximum Gasteiger partial charge on any atom is 0.0597 e. The molecule has 1 aliphatic heterocycles. The third kappa shape index (κ3) is 2.12. The van der Waals surface area contributed by atoms with Gasteiger partial charge in [-0.1, -0.05) is 27.2 Å². The first-order valence-electron chi connectivity index (χ1n) is 6.12. The number of rotatable bonds is 0. The van der Waals surface area contributed by atoms with Crippen LogP contribution in [0.5, 0.6) is 0 Å². The van der Waals surface area contributed by atoms with E-state index in [-0.39, 0.29) is 11.5 Å². The molecule has 0 spiro atoms. The highest BCUT2D eigenvalue weighted by atomic mass is 16.3. The predicted octanol–water partition coefficient (Wildman–Crippen LogP) is 2.17. The summed E-state index contributed by atoms with van der Waals surface area (Å²) in [5, 5.41) is 13.4. The first-order chi connectivity index (χ1) is 6.73. The van der Waals surface area contributed by atoms with Gasteiger partial charge in [0, 0.05) is 0 Å². The lowest BCUT2D eigenvalue weighted by molar-refractivity contribution is -0.0586. The molecule has 2 heteroatoms. The van der Waals surface area contributed by atoms with E-state index in [4.69, 9.17) is 0 Å². The fourth-order valence-electron chi connectivity index (χ4n) is 2.83. The Hall–Kier alpha value is -0.0800. The lowest BCUT2D eigenvalue weighted by Crippen LogP contribution is -2.51. The lowest BCUT2D eigenvalue weighted by atomic mass is 9.62. The molecule has 0 aromatic heterocycles. The van der Waals surface area contributed by atoms with Crippen molar-refractivity contribution >= 4 is 0 Å². The highest BCUT2D eigenvalue weighted by Gasteiger charge is 2.44. The van der Waals surface area contributed by atoms with Gasteiger partial charge in [0.15, 0.2) is 0 Å². The first-order valence-corrected chi connectivity index (χ1v) is 6.12. The third-order valence-corrected chi connectivity index (χ3v) is 3.96. The van der Waals surface area contributed by atoms with E-state index in [2.05, 4.69) is 12.2 Å². The number of hydrogen-bond donors (Lipinski definition) is 2. The highest BCUT2D eigenvalue weighted by Crippen LogP contribution is 2.44. The van der Waals surface area contributed by atoms with E-state index in [0.717, 1.165) is 31.8 Å². The van der Waals surface area contributed by atoms with Gasteiger partial charge in [-0.05, 0) is 43.7 Å². The summed E-state index contributed by atoms with van der Waals surface area (Å²) in [4.78, 5) is 0. The average Bonchev–Trinajstić information content (AvgIpc) is 2.23. The standard InChI is InChI=1S/C10H19NO.C2H6/c1-10-5-6-11-7-8(10)3-2-4-9(10)12;1-2/h8-9,11-12H,2-7H2,1H3;1-2H3. The van der Waals surface area contributed by atoms with Gasteiger partial charge >= 0.3 is 0 Å². The molecule has 2 nitrogen and oxygen atoms in total. The minimum Gasteiger partial charge on any atom is -0.393 e. The van der Waals surface area contributed by atoms with Crippen molar-refractivity contribution in [2.75, 3.05) is 13.1 Å². The van der Waals surface area contributed by atoms with Gasteiger partial charge in [0.1, 0.15) is 0 Å². The lowest BCUT2D eigenvalue weighted by Gasteiger charge is -2.48. The Morgan fingerprint density at radius 1 is 1.29 bits per heavy atom. The molecule has 3 atom stereocenters. The van der Waals surface area contributed by atoms with Crippen LogP contribution in [0.15, 0.2) is 0 Å². The first kappa shape index (κ1) is 12.0. The Morgan fingerprint density at radius 2 is 2.00 bits per heavy atom. The predicted molar refractivity (Wildman–Crippen MR) is 60.3 cm³/mol. The van der Waals surface area contributed by atoms with Crippen molar-refractivity contribution in [1.29, 1.82) is 0 Å². The maximum absolute atomic E-state index is 9.94. The van der Waals surface area contributed by atoms with Crippen molar-refractivity contribution < 1.29 is 5.11 Å². The zero-order valence-corrected chi connectivity index (χ0v) is 9.84. The molecule has 1 saturated carbocycles. The molecule has 2 N–H and O–H groups in total. The summed E-state index contributed by atoms with van der Waals surface area (Å²) >= 11 is 0. The molecule has 0 amide bonds. The normalized spacial score (nSPS) is 42.0. The molecule has 0 aromatic carbocycles. The molecule has 1 saturated heterocycles. The quantitative estimate of drug-likeness (QED) is 0.626. The van der Waals surface area contributed by atoms with Gasteiger partial charge in [0.05, 0.1) is 6.10 Å². The van der Waals surface area contributed by atoms with Gasteiger partial charge in [-0.2, -0.15) is 0 Å². The van der Waals surface area contributed by atoms with E-state index < -0.39 is 0 Å². The van der Waals surface area contributed by atoms with Crippen LogP contribution >= 0.6 is 0 Å². The van der Waals surface area contributed by atoms with Crippen LogP contribution < -0.4 is 5.32 Å². The molecule has 0 aromatic rings. The van der Waals surface area contributed by atoms with Gasteiger partial charge in [0.25, 0.3) is 0 Å². The molecule has 2 fully saturated rings. The highest BCUT2D eigenvalue weighted by molar-refractivity contribution is 4.96. The third-order valence-electron chi connectivity index (χ3n) is 3.96. The summed E-state index contributed by atoms with van der Waals surface area (Å²) in [5.41, 5.74) is 0.226. The summed E-state index contributed by atoms with van der Waals surface area (Å²) in [6.45, 7) is 8.47. The summed E-state index contributed by atoms with van der Waals surface area (Å²) < 4.78 is 0. The summed E-state index contributed by atoms with van der Waals surface area (Å²) in [6.07, 6.45) is 4.65. The number of aliphatic hydroxyl groups is 1. The molecule has 2 rings (SSSR count). The number of nitrogens with one attached hydrogen (secondary N) is 1. The van der Waals surface area contributed by atoms with Crippen LogP contribution in [0, 0.1) is 11.3 Å². The zero-order chi connectivity index (χ0) is 10.6.